The van der Waals surface area contributed by atoms with Gasteiger partial charge in [-0.1, -0.05) is 16.4 Å². The van der Waals surface area contributed by atoms with Crippen LogP contribution in [0.15, 0.2) is 48.5 Å². The van der Waals surface area contributed by atoms with Crippen LogP contribution in [0.25, 0.3) is 5.69 Å². The molecule has 1 aromatic heterocycles. The number of carbonyl (C=O) groups excluding carboxylic acids is 1. The van der Waals surface area contributed by atoms with Crippen LogP contribution in [-0.4, -0.2) is 50.9 Å². The van der Waals surface area contributed by atoms with Crippen LogP contribution >= 0.6 is 12.2 Å². The Kier molecular flexibility index (Phi) is 5.65. The number of benzene rings is 2. The number of aromatic nitrogens is 4. The normalized spacial score (nSPS) is 10.3. The van der Waals surface area contributed by atoms with Crippen LogP contribution in [0.5, 0.6) is 0 Å². The number of tetrazole rings is 1. The fraction of sp³-hybridized carbons (Fsp3) is 0.118. The maximum absolute atomic E-state index is 12.2. The topological polar surface area (TPSA) is 128 Å². The van der Waals surface area contributed by atoms with E-state index in [2.05, 4.69) is 26.2 Å². The van der Waals surface area contributed by atoms with Crippen molar-refractivity contribution in [1.82, 2.24) is 20.2 Å². The van der Waals surface area contributed by atoms with Gasteiger partial charge >= 0.3 is 12.0 Å². The second-order valence-corrected chi connectivity index (χ2v) is 6.21. The van der Waals surface area contributed by atoms with Crippen molar-refractivity contribution >= 4 is 41.3 Å². The van der Waals surface area contributed by atoms with Crippen molar-refractivity contribution in [3.63, 3.8) is 0 Å². The lowest BCUT2D eigenvalue weighted by Gasteiger charge is -2.17. The standard InChI is InChI=1S/C17H17N7O3S/c1-23(10-15(25)26)13-7-5-11(6-8-13)18-16(27)19-12-3-2-4-14(9-12)24-17(28)20-21-22-24/h2-9H,10H2,1H3,(H,25,26)(H2,18,19,27)(H,20,22,28). The van der Waals surface area contributed by atoms with Crippen molar-refractivity contribution < 1.29 is 14.7 Å². The second kappa shape index (κ2) is 8.31. The van der Waals surface area contributed by atoms with Crippen LogP contribution in [0.1, 0.15) is 0 Å². The summed E-state index contributed by atoms with van der Waals surface area (Å²) in [5.74, 6) is -0.918. The molecule has 2 amide bonds. The monoisotopic (exact) mass is 399 g/mol. The van der Waals surface area contributed by atoms with Crippen molar-refractivity contribution in [2.24, 2.45) is 0 Å². The SMILES string of the molecule is CN(CC(=O)O)c1ccc(NC(=O)Nc2cccc(-n3[nH]nnc3=S)c2)cc1. The van der Waals surface area contributed by atoms with Crippen LogP contribution in [0.4, 0.5) is 21.9 Å². The summed E-state index contributed by atoms with van der Waals surface area (Å²) in [7, 11) is 1.68. The number of nitrogens with zero attached hydrogens (tertiary/aromatic N) is 4. The molecular weight excluding hydrogens is 382 g/mol. The molecule has 0 aliphatic heterocycles. The number of anilines is 3. The molecule has 0 unspecified atom stereocenters. The molecule has 3 rings (SSSR count). The molecular formula is C17H17N7O3S. The van der Waals surface area contributed by atoms with Crippen molar-refractivity contribution in [3.05, 3.63) is 53.3 Å². The van der Waals surface area contributed by atoms with Crippen LogP contribution < -0.4 is 15.5 Å². The molecule has 0 aliphatic carbocycles. The second-order valence-electron chi connectivity index (χ2n) is 5.84. The first-order valence-corrected chi connectivity index (χ1v) is 8.55. The molecule has 0 fully saturated rings. The molecule has 0 bridgehead atoms. The van der Waals surface area contributed by atoms with E-state index in [0.29, 0.717) is 17.1 Å². The highest BCUT2D eigenvalue weighted by Crippen LogP contribution is 2.18. The number of hydrogen-bond acceptors (Lipinski definition) is 6. The molecule has 0 spiro atoms. The van der Waals surface area contributed by atoms with Crippen LogP contribution in [0, 0.1) is 4.77 Å². The van der Waals surface area contributed by atoms with E-state index >= 15 is 0 Å². The average molecular weight is 399 g/mol. The Bertz CT molecular complexity index is 1050. The summed E-state index contributed by atoms with van der Waals surface area (Å²) < 4.78 is 1.78. The van der Waals surface area contributed by atoms with Gasteiger partial charge in [-0.3, -0.25) is 4.79 Å². The lowest BCUT2D eigenvalue weighted by molar-refractivity contribution is -0.135. The van der Waals surface area contributed by atoms with Gasteiger partial charge in [-0.05, 0) is 54.7 Å². The summed E-state index contributed by atoms with van der Waals surface area (Å²) in [4.78, 5) is 24.6. The van der Waals surface area contributed by atoms with Crippen LogP contribution in [0.2, 0.25) is 0 Å². The molecule has 10 nitrogen and oxygen atoms in total. The van der Waals surface area contributed by atoms with E-state index in [1.165, 1.54) is 4.68 Å². The zero-order valence-electron chi connectivity index (χ0n) is 14.8. The third-order valence-corrected chi connectivity index (χ3v) is 4.04. The minimum Gasteiger partial charge on any atom is -0.480 e. The van der Waals surface area contributed by atoms with Gasteiger partial charge in [0.15, 0.2) is 0 Å². The zero-order chi connectivity index (χ0) is 20.1. The number of aromatic amines is 1. The number of aliphatic carboxylic acids is 1. The predicted molar refractivity (Wildman–Crippen MR) is 107 cm³/mol. The molecule has 11 heteroatoms. The summed E-state index contributed by atoms with van der Waals surface area (Å²) >= 11 is 5.06. The maximum Gasteiger partial charge on any atom is 0.323 e. The number of urea groups is 1. The molecule has 0 saturated heterocycles. The first-order valence-electron chi connectivity index (χ1n) is 8.14. The smallest absolute Gasteiger partial charge is 0.323 e. The molecule has 2 aromatic carbocycles. The van der Waals surface area contributed by atoms with Gasteiger partial charge in [0.2, 0.25) is 4.77 Å². The summed E-state index contributed by atoms with van der Waals surface area (Å²) in [6.45, 7) is -0.112. The van der Waals surface area contributed by atoms with Crippen molar-refractivity contribution in [2.75, 3.05) is 29.1 Å². The van der Waals surface area contributed by atoms with E-state index in [4.69, 9.17) is 17.3 Å². The van der Waals surface area contributed by atoms with Gasteiger partial charge in [0.05, 0.1) is 5.69 Å². The lowest BCUT2D eigenvalue weighted by Crippen LogP contribution is -2.25. The molecule has 0 atom stereocenters. The number of H-pyrrole nitrogens is 1. The van der Waals surface area contributed by atoms with E-state index in [9.17, 15) is 9.59 Å². The largest absolute Gasteiger partial charge is 0.480 e. The molecule has 0 saturated carbocycles. The van der Waals surface area contributed by atoms with Gasteiger partial charge in [-0.2, -0.15) is 5.21 Å². The number of carbonyl (C=O) groups is 2. The summed E-state index contributed by atoms with van der Waals surface area (Å²) in [6.07, 6.45) is 0. The number of rotatable bonds is 6. The number of likely N-dealkylation sites (N-methyl/N-ethyl adjacent to an activating group) is 1. The minimum absolute atomic E-state index is 0.112. The van der Waals surface area contributed by atoms with E-state index < -0.39 is 12.0 Å². The van der Waals surface area contributed by atoms with E-state index in [1.807, 2.05) is 0 Å². The van der Waals surface area contributed by atoms with Gasteiger partial charge in [0.25, 0.3) is 0 Å². The van der Waals surface area contributed by atoms with E-state index in [1.54, 1.807) is 60.5 Å². The summed E-state index contributed by atoms with van der Waals surface area (Å²) in [5.41, 5.74) is 2.54. The summed E-state index contributed by atoms with van der Waals surface area (Å²) in [6, 6.07) is 13.4. The Morgan fingerprint density at radius 1 is 1.18 bits per heavy atom. The number of nitrogens with one attached hydrogen (secondary N) is 3. The molecule has 28 heavy (non-hydrogen) atoms. The highest BCUT2D eigenvalue weighted by atomic mass is 32.1. The Morgan fingerprint density at radius 3 is 2.54 bits per heavy atom. The Morgan fingerprint density at radius 2 is 1.89 bits per heavy atom. The molecule has 4 N–H and O–H groups in total. The third kappa shape index (κ3) is 4.71. The van der Waals surface area contributed by atoms with Gasteiger partial charge in [-0.25, -0.2) is 9.48 Å². The fourth-order valence-corrected chi connectivity index (χ4v) is 2.66. The van der Waals surface area contributed by atoms with Gasteiger partial charge in [0, 0.05) is 24.1 Å². The zero-order valence-corrected chi connectivity index (χ0v) is 15.6. The quantitative estimate of drug-likeness (QED) is 0.469. The average Bonchev–Trinajstić information content (AvgIpc) is 3.08. The first kappa shape index (κ1) is 19.0. The molecule has 144 valence electrons. The number of carboxylic acid groups (broad SMARTS) is 1. The fourth-order valence-electron chi connectivity index (χ4n) is 2.48. The third-order valence-electron chi connectivity index (χ3n) is 3.77. The highest BCUT2D eigenvalue weighted by molar-refractivity contribution is 7.71. The molecule has 0 radical (unpaired) electrons. The van der Waals surface area contributed by atoms with E-state index in [0.717, 1.165) is 5.69 Å². The van der Waals surface area contributed by atoms with Crippen LogP contribution in [0.3, 0.4) is 0 Å². The minimum atomic E-state index is -0.918. The Hall–Kier alpha value is -3.73. The number of hydrogen-bond donors (Lipinski definition) is 4. The van der Waals surface area contributed by atoms with Crippen molar-refractivity contribution in [2.45, 2.75) is 0 Å². The number of amides is 2. The Balaban J connectivity index is 1.64. The van der Waals surface area contributed by atoms with Crippen LogP contribution in [-0.2, 0) is 4.79 Å². The van der Waals surface area contributed by atoms with Gasteiger partial charge < -0.3 is 20.6 Å². The summed E-state index contributed by atoms with van der Waals surface area (Å²) in [5, 5.41) is 24.3. The van der Waals surface area contributed by atoms with Gasteiger partial charge in [0.1, 0.15) is 6.54 Å². The Labute approximate surface area is 164 Å². The molecule has 3 aromatic rings. The maximum atomic E-state index is 12.2. The van der Waals surface area contributed by atoms with Crippen molar-refractivity contribution in [3.8, 4) is 5.69 Å². The predicted octanol–water partition coefficient (Wildman–Crippen LogP) is 2.49. The van der Waals surface area contributed by atoms with Gasteiger partial charge in [-0.15, -0.1) is 0 Å². The lowest BCUT2D eigenvalue weighted by atomic mass is 10.2. The first-order chi connectivity index (χ1) is 13.4. The number of carboxylic acids is 1. The molecule has 1 heterocycles. The highest BCUT2D eigenvalue weighted by Gasteiger charge is 2.08. The van der Waals surface area contributed by atoms with E-state index in [-0.39, 0.29) is 11.3 Å². The molecule has 0 aliphatic rings. The van der Waals surface area contributed by atoms with Crippen molar-refractivity contribution in [1.29, 1.82) is 0 Å².